The fourth-order valence-corrected chi connectivity index (χ4v) is 2.17. The van der Waals surface area contributed by atoms with Crippen molar-refractivity contribution in [1.82, 2.24) is 0 Å². The molecule has 19 heavy (non-hydrogen) atoms. The number of fused-ring (bicyclic) bond motifs is 1. The average molecular weight is 262 g/mol. The van der Waals surface area contributed by atoms with Gasteiger partial charge in [0, 0.05) is 0 Å². The molecule has 3 rings (SSSR count). The number of nitrogens with two attached hydrogens (primary N) is 1. The van der Waals surface area contributed by atoms with Gasteiger partial charge in [-0.2, -0.15) is 0 Å². The first-order chi connectivity index (χ1) is 9.01. The molecule has 6 nitrogen and oxygen atoms in total. The highest BCUT2D eigenvalue weighted by Gasteiger charge is 2.50. The van der Waals surface area contributed by atoms with Crippen molar-refractivity contribution >= 4 is 17.6 Å². The molecule has 1 amide bonds. The van der Waals surface area contributed by atoms with Crippen LogP contribution >= 0.6 is 0 Å². The zero-order valence-corrected chi connectivity index (χ0v) is 10.2. The smallest absolute Gasteiger partial charge is 0.346 e. The van der Waals surface area contributed by atoms with Crippen LogP contribution < -0.4 is 15.4 Å². The van der Waals surface area contributed by atoms with Crippen LogP contribution in [0.2, 0.25) is 0 Å². The van der Waals surface area contributed by atoms with Crippen molar-refractivity contribution in [3.05, 3.63) is 24.3 Å². The number of anilines is 1. The number of amides is 1. The fraction of sp³-hybridized carbons (Fsp3) is 0.385. The normalized spacial score (nSPS) is 23.2. The Balaban J connectivity index is 1.98. The predicted molar refractivity (Wildman–Crippen MR) is 67.0 cm³/mol. The molecule has 1 saturated carbocycles. The molecule has 1 aromatic carbocycles. The van der Waals surface area contributed by atoms with E-state index in [-0.39, 0.29) is 12.5 Å². The van der Waals surface area contributed by atoms with Gasteiger partial charge >= 0.3 is 5.97 Å². The minimum Gasteiger partial charge on any atom is -0.478 e. The zero-order valence-electron chi connectivity index (χ0n) is 10.2. The Bertz CT molecular complexity index is 553. The van der Waals surface area contributed by atoms with Crippen LogP contribution in [0.4, 0.5) is 5.69 Å². The number of aliphatic carboxylic acids is 1. The van der Waals surface area contributed by atoms with Crippen LogP contribution in [0.5, 0.6) is 5.75 Å². The van der Waals surface area contributed by atoms with Gasteiger partial charge in [0.05, 0.1) is 17.8 Å². The van der Waals surface area contributed by atoms with Crippen LogP contribution in [0.3, 0.4) is 0 Å². The quantitative estimate of drug-likeness (QED) is 0.802. The lowest BCUT2D eigenvalue weighted by Gasteiger charge is -2.34. The lowest BCUT2D eigenvalue weighted by atomic mass is 10.1. The van der Waals surface area contributed by atoms with Crippen molar-refractivity contribution in [3.63, 3.8) is 0 Å². The SMILES string of the molecule is NC1(C(=O)N2CC(C(=O)O)Oc3ccccc32)CC1. The Morgan fingerprint density at radius 1 is 1.37 bits per heavy atom. The molecule has 0 aromatic heterocycles. The number of hydrogen-bond donors (Lipinski definition) is 2. The molecular formula is C13H14N2O4. The molecule has 1 fully saturated rings. The van der Waals surface area contributed by atoms with Gasteiger partial charge in [0.1, 0.15) is 5.75 Å². The predicted octanol–water partition coefficient (Wildman–Crippen LogP) is 0.357. The van der Waals surface area contributed by atoms with E-state index in [1.807, 2.05) is 0 Å². The number of carboxylic acid groups (broad SMARTS) is 1. The molecule has 1 aliphatic carbocycles. The molecule has 0 spiro atoms. The maximum atomic E-state index is 12.4. The summed E-state index contributed by atoms with van der Waals surface area (Å²) >= 11 is 0. The maximum Gasteiger partial charge on any atom is 0.346 e. The third-order valence-corrected chi connectivity index (χ3v) is 3.51. The second kappa shape index (κ2) is 3.96. The van der Waals surface area contributed by atoms with Crippen LogP contribution in [0.1, 0.15) is 12.8 Å². The van der Waals surface area contributed by atoms with Gasteiger partial charge in [0.25, 0.3) is 0 Å². The summed E-state index contributed by atoms with van der Waals surface area (Å²) in [6.07, 6.45) is 0.229. The highest BCUT2D eigenvalue weighted by atomic mass is 16.5. The molecule has 1 atom stereocenters. The van der Waals surface area contributed by atoms with Crippen molar-refractivity contribution in [1.29, 1.82) is 0 Å². The number of carbonyl (C=O) groups excluding carboxylic acids is 1. The van der Waals surface area contributed by atoms with E-state index in [4.69, 9.17) is 15.6 Å². The number of carbonyl (C=O) groups is 2. The van der Waals surface area contributed by atoms with E-state index >= 15 is 0 Å². The molecular weight excluding hydrogens is 248 g/mol. The van der Waals surface area contributed by atoms with Gasteiger partial charge in [-0.25, -0.2) is 4.79 Å². The van der Waals surface area contributed by atoms with Gasteiger partial charge in [-0.1, -0.05) is 12.1 Å². The van der Waals surface area contributed by atoms with Crippen molar-refractivity contribution in [2.75, 3.05) is 11.4 Å². The van der Waals surface area contributed by atoms with Gasteiger partial charge < -0.3 is 20.5 Å². The van der Waals surface area contributed by atoms with E-state index in [0.717, 1.165) is 0 Å². The molecule has 6 heteroatoms. The van der Waals surface area contributed by atoms with Crippen molar-refractivity contribution in [2.24, 2.45) is 5.73 Å². The third-order valence-electron chi connectivity index (χ3n) is 3.51. The number of carboxylic acids is 1. The number of ether oxygens (including phenoxy) is 1. The first kappa shape index (κ1) is 12.0. The van der Waals surface area contributed by atoms with E-state index in [2.05, 4.69) is 0 Å². The first-order valence-electron chi connectivity index (χ1n) is 6.11. The Kier molecular flexibility index (Phi) is 2.50. The monoisotopic (exact) mass is 262 g/mol. The summed E-state index contributed by atoms with van der Waals surface area (Å²) in [5.41, 5.74) is 5.68. The summed E-state index contributed by atoms with van der Waals surface area (Å²) in [5.74, 6) is -0.914. The second-order valence-electron chi connectivity index (χ2n) is 4.98. The first-order valence-corrected chi connectivity index (χ1v) is 6.11. The van der Waals surface area contributed by atoms with Gasteiger partial charge in [-0.05, 0) is 25.0 Å². The molecule has 2 aliphatic rings. The topological polar surface area (TPSA) is 92.9 Å². The number of rotatable bonds is 2. The van der Waals surface area contributed by atoms with E-state index in [1.54, 1.807) is 24.3 Å². The average Bonchev–Trinajstić information content (AvgIpc) is 3.16. The van der Waals surface area contributed by atoms with Crippen molar-refractivity contribution in [2.45, 2.75) is 24.5 Å². The molecule has 0 saturated heterocycles. The van der Waals surface area contributed by atoms with E-state index in [9.17, 15) is 9.59 Å². The number of para-hydroxylation sites is 2. The summed E-state index contributed by atoms with van der Waals surface area (Å²) < 4.78 is 5.37. The molecule has 1 unspecified atom stereocenters. The van der Waals surface area contributed by atoms with Crippen molar-refractivity contribution < 1.29 is 19.4 Å². The summed E-state index contributed by atoms with van der Waals surface area (Å²) in [4.78, 5) is 24.9. The highest BCUT2D eigenvalue weighted by molar-refractivity contribution is 6.04. The summed E-state index contributed by atoms with van der Waals surface area (Å²) in [7, 11) is 0. The minimum absolute atomic E-state index is 0.00979. The molecule has 100 valence electrons. The van der Waals surface area contributed by atoms with Crippen LogP contribution in [-0.4, -0.2) is 35.2 Å². The Labute approximate surface area is 109 Å². The standard InChI is InChI=1S/C13H14N2O4/c14-13(5-6-13)12(18)15-7-10(11(16)17)19-9-4-2-1-3-8(9)15/h1-4,10H,5-7,14H2,(H,16,17). The molecule has 0 bridgehead atoms. The maximum absolute atomic E-state index is 12.4. The Hall–Kier alpha value is -2.08. The van der Waals surface area contributed by atoms with E-state index in [0.29, 0.717) is 24.3 Å². The molecule has 1 aromatic rings. The summed E-state index contributed by atoms with van der Waals surface area (Å²) in [6, 6.07) is 6.90. The van der Waals surface area contributed by atoms with Crippen LogP contribution in [0.15, 0.2) is 24.3 Å². The number of hydrogen-bond acceptors (Lipinski definition) is 4. The fourth-order valence-electron chi connectivity index (χ4n) is 2.17. The van der Waals surface area contributed by atoms with Gasteiger partial charge in [-0.15, -0.1) is 0 Å². The van der Waals surface area contributed by atoms with Crippen molar-refractivity contribution in [3.8, 4) is 5.75 Å². The Morgan fingerprint density at radius 2 is 2.05 bits per heavy atom. The summed E-state index contributed by atoms with van der Waals surface area (Å²) in [6.45, 7) is -0.00979. The third kappa shape index (κ3) is 1.94. The van der Waals surface area contributed by atoms with Crippen LogP contribution in [0.25, 0.3) is 0 Å². The van der Waals surface area contributed by atoms with E-state index < -0.39 is 17.6 Å². The van der Waals surface area contributed by atoms with Gasteiger partial charge in [-0.3, -0.25) is 4.79 Å². The molecule has 0 radical (unpaired) electrons. The highest BCUT2D eigenvalue weighted by Crippen LogP contribution is 2.39. The molecule has 3 N–H and O–H groups in total. The van der Waals surface area contributed by atoms with Gasteiger partial charge in [0.2, 0.25) is 12.0 Å². The van der Waals surface area contributed by atoms with Crippen LogP contribution in [-0.2, 0) is 9.59 Å². The second-order valence-corrected chi connectivity index (χ2v) is 4.98. The summed E-state index contributed by atoms with van der Waals surface area (Å²) in [5, 5.41) is 9.09. The largest absolute Gasteiger partial charge is 0.478 e. The number of nitrogens with zero attached hydrogens (tertiary/aromatic N) is 1. The Morgan fingerprint density at radius 3 is 2.68 bits per heavy atom. The lowest BCUT2D eigenvalue weighted by molar-refractivity contribution is -0.145. The van der Waals surface area contributed by atoms with Crippen LogP contribution in [0, 0.1) is 0 Å². The minimum atomic E-state index is -1.09. The van der Waals surface area contributed by atoms with E-state index in [1.165, 1.54) is 4.90 Å². The molecule has 1 aliphatic heterocycles. The molecule has 1 heterocycles. The lowest BCUT2D eigenvalue weighted by Crippen LogP contribution is -2.53. The van der Waals surface area contributed by atoms with Gasteiger partial charge in [0.15, 0.2) is 0 Å². The zero-order chi connectivity index (χ0) is 13.6. The number of benzene rings is 1.